The number of nitrogens with one attached hydrogen (secondary N) is 3. The third-order valence-electron chi connectivity index (χ3n) is 2.42. The molecular weight excluding hydrogens is 310 g/mol. The first-order chi connectivity index (χ1) is 10.4. The zero-order valence-corrected chi connectivity index (χ0v) is 13.2. The van der Waals surface area contributed by atoms with Gasteiger partial charge in [0.15, 0.2) is 0 Å². The molecular formula is C13H19N3O5S. The molecule has 0 saturated heterocycles. The highest BCUT2D eigenvalue weighted by Crippen LogP contribution is 2.12. The van der Waals surface area contributed by atoms with Crippen LogP contribution in [-0.4, -0.2) is 32.8 Å². The minimum absolute atomic E-state index is 0.00611. The van der Waals surface area contributed by atoms with Crippen molar-refractivity contribution in [3.63, 3.8) is 0 Å². The number of hydrogen-bond acceptors (Lipinski definition) is 5. The molecule has 3 N–H and O–H groups in total. The van der Waals surface area contributed by atoms with Gasteiger partial charge in [-0.25, -0.2) is 18.6 Å². The third kappa shape index (κ3) is 6.00. The van der Waals surface area contributed by atoms with E-state index in [9.17, 15) is 18.0 Å². The summed E-state index contributed by atoms with van der Waals surface area (Å²) in [5.41, 5.74) is 4.69. The molecule has 0 unspecified atom stereocenters. The maximum absolute atomic E-state index is 11.8. The number of ether oxygens (including phenoxy) is 1. The lowest BCUT2D eigenvalue weighted by Crippen LogP contribution is -2.41. The number of benzene rings is 1. The van der Waals surface area contributed by atoms with Gasteiger partial charge in [0.2, 0.25) is 10.0 Å². The first-order valence-corrected chi connectivity index (χ1v) is 8.37. The van der Waals surface area contributed by atoms with Crippen LogP contribution in [0.5, 0.6) is 0 Å². The number of carbonyl (C=O) groups is 2. The average Bonchev–Trinajstić information content (AvgIpc) is 2.44. The van der Waals surface area contributed by atoms with Gasteiger partial charge in [0.25, 0.3) is 5.91 Å². The van der Waals surface area contributed by atoms with E-state index < -0.39 is 22.0 Å². The van der Waals surface area contributed by atoms with Crippen LogP contribution >= 0.6 is 0 Å². The molecule has 1 aromatic rings. The monoisotopic (exact) mass is 329 g/mol. The highest BCUT2D eigenvalue weighted by molar-refractivity contribution is 7.92. The van der Waals surface area contributed by atoms with E-state index in [1.807, 2.05) is 0 Å². The van der Waals surface area contributed by atoms with Gasteiger partial charge in [-0.3, -0.25) is 14.9 Å². The first-order valence-electron chi connectivity index (χ1n) is 6.71. The summed E-state index contributed by atoms with van der Waals surface area (Å²) in [6.07, 6.45) is -0.297. The van der Waals surface area contributed by atoms with Crippen LogP contribution in [0.4, 0.5) is 10.5 Å². The van der Waals surface area contributed by atoms with E-state index in [4.69, 9.17) is 0 Å². The number of amides is 2. The lowest BCUT2D eigenvalue weighted by molar-refractivity contribution is 0.0912. The van der Waals surface area contributed by atoms with Crippen molar-refractivity contribution in [3.05, 3.63) is 29.8 Å². The van der Waals surface area contributed by atoms with E-state index in [1.165, 1.54) is 24.3 Å². The number of hydrazine groups is 1. The fraction of sp³-hybridized carbons (Fsp3) is 0.385. The molecule has 0 radical (unpaired) electrons. The molecule has 0 fully saturated rings. The third-order valence-corrected chi connectivity index (χ3v) is 3.92. The lowest BCUT2D eigenvalue weighted by atomic mass is 10.2. The molecule has 0 spiro atoms. The van der Waals surface area contributed by atoms with Gasteiger partial charge >= 0.3 is 6.09 Å². The number of anilines is 1. The Morgan fingerprint density at radius 2 is 1.91 bits per heavy atom. The molecule has 0 aliphatic rings. The maximum atomic E-state index is 11.8. The molecule has 0 aliphatic carbocycles. The van der Waals surface area contributed by atoms with Gasteiger partial charge in [0, 0.05) is 11.3 Å². The van der Waals surface area contributed by atoms with Crippen LogP contribution in [-0.2, 0) is 14.8 Å². The normalized spacial score (nSPS) is 10.6. The Kier molecular flexibility index (Phi) is 6.64. The second kappa shape index (κ2) is 8.23. The smallest absolute Gasteiger partial charge is 0.426 e. The quantitative estimate of drug-likeness (QED) is 0.679. The minimum atomic E-state index is -3.43. The zero-order chi connectivity index (χ0) is 16.6. The summed E-state index contributed by atoms with van der Waals surface area (Å²) in [5, 5.41) is 0. The Hall–Kier alpha value is -2.29. The van der Waals surface area contributed by atoms with E-state index in [-0.39, 0.29) is 23.6 Å². The van der Waals surface area contributed by atoms with E-state index in [0.29, 0.717) is 6.42 Å². The molecule has 0 aliphatic heterocycles. The van der Waals surface area contributed by atoms with Crippen molar-refractivity contribution in [2.24, 2.45) is 0 Å². The summed E-state index contributed by atoms with van der Waals surface area (Å²) in [4.78, 5) is 22.9. The Labute approximate surface area is 129 Å². The molecule has 22 heavy (non-hydrogen) atoms. The van der Waals surface area contributed by atoms with E-state index in [2.05, 4.69) is 20.3 Å². The minimum Gasteiger partial charge on any atom is -0.449 e. The number of hydrogen-bond donors (Lipinski definition) is 3. The Morgan fingerprint density at radius 3 is 2.55 bits per heavy atom. The van der Waals surface area contributed by atoms with Crippen LogP contribution in [0.3, 0.4) is 0 Å². The van der Waals surface area contributed by atoms with Crippen molar-refractivity contribution in [2.75, 3.05) is 17.1 Å². The standard InChI is InChI=1S/C13H19N3O5S/c1-3-8-22(19,20)16-11-7-5-6-10(9-11)12(17)14-15-13(18)21-4-2/h5-7,9,16H,3-4,8H2,1-2H3,(H,14,17)(H,15,18). The van der Waals surface area contributed by atoms with Gasteiger partial charge < -0.3 is 4.74 Å². The van der Waals surface area contributed by atoms with Crippen LogP contribution in [0.1, 0.15) is 30.6 Å². The van der Waals surface area contributed by atoms with Gasteiger partial charge in [-0.1, -0.05) is 13.0 Å². The molecule has 9 heteroatoms. The van der Waals surface area contributed by atoms with Crippen molar-refractivity contribution < 1.29 is 22.7 Å². The van der Waals surface area contributed by atoms with E-state index in [0.717, 1.165) is 0 Å². The molecule has 2 amide bonds. The summed E-state index contributed by atoms with van der Waals surface area (Å²) in [6.45, 7) is 3.56. The second-order valence-electron chi connectivity index (χ2n) is 4.30. The second-order valence-corrected chi connectivity index (χ2v) is 6.14. The highest BCUT2D eigenvalue weighted by Gasteiger charge is 2.12. The maximum Gasteiger partial charge on any atom is 0.426 e. The van der Waals surface area contributed by atoms with Gasteiger partial charge in [-0.15, -0.1) is 0 Å². The predicted molar refractivity (Wildman–Crippen MR) is 81.8 cm³/mol. The molecule has 0 bridgehead atoms. The van der Waals surface area contributed by atoms with Crippen LogP contribution in [0.15, 0.2) is 24.3 Å². The van der Waals surface area contributed by atoms with Gasteiger partial charge in [0.1, 0.15) is 0 Å². The Balaban J connectivity index is 2.71. The first kappa shape index (κ1) is 17.8. The number of sulfonamides is 1. The summed E-state index contributed by atoms with van der Waals surface area (Å²) in [7, 11) is -3.43. The van der Waals surface area contributed by atoms with Crippen molar-refractivity contribution in [2.45, 2.75) is 20.3 Å². The SMILES string of the molecule is CCCS(=O)(=O)Nc1cccc(C(=O)NNC(=O)OCC)c1. The highest BCUT2D eigenvalue weighted by atomic mass is 32.2. The fourth-order valence-corrected chi connectivity index (χ4v) is 2.70. The fourth-order valence-electron chi connectivity index (χ4n) is 1.57. The van der Waals surface area contributed by atoms with Crippen molar-refractivity contribution in [1.82, 2.24) is 10.9 Å². The van der Waals surface area contributed by atoms with Crippen molar-refractivity contribution >= 4 is 27.7 Å². The molecule has 8 nitrogen and oxygen atoms in total. The molecule has 0 atom stereocenters. The van der Waals surface area contributed by atoms with Crippen LogP contribution in [0.2, 0.25) is 0 Å². The Bertz CT molecular complexity index is 630. The topological polar surface area (TPSA) is 114 Å². The average molecular weight is 329 g/mol. The van der Waals surface area contributed by atoms with Gasteiger partial charge in [0.05, 0.1) is 12.4 Å². The van der Waals surface area contributed by atoms with E-state index in [1.54, 1.807) is 13.8 Å². The van der Waals surface area contributed by atoms with Crippen LogP contribution in [0, 0.1) is 0 Å². The van der Waals surface area contributed by atoms with Gasteiger partial charge in [-0.2, -0.15) is 0 Å². The van der Waals surface area contributed by atoms with Crippen molar-refractivity contribution in [3.8, 4) is 0 Å². The van der Waals surface area contributed by atoms with Gasteiger partial charge in [-0.05, 0) is 31.5 Å². The molecule has 1 rings (SSSR count). The summed E-state index contributed by atoms with van der Waals surface area (Å²) < 4.78 is 30.3. The van der Waals surface area contributed by atoms with Crippen molar-refractivity contribution in [1.29, 1.82) is 0 Å². The van der Waals surface area contributed by atoms with Crippen LogP contribution < -0.4 is 15.6 Å². The largest absolute Gasteiger partial charge is 0.449 e. The predicted octanol–water partition coefficient (Wildman–Crippen LogP) is 1.23. The Morgan fingerprint density at radius 1 is 1.18 bits per heavy atom. The number of carbonyl (C=O) groups excluding carboxylic acids is 2. The molecule has 0 saturated carbocycles. The van der Waals surface area contributed by atoms with E-state index >= 15 is 0 Å². The molecule has 0 aromatic heterocycles. The molecule has 0 heterocycles. The summed E-state index contributed by atoms with van der Waals surface area (Å²) in [5.74, 6) is -0.599. The molecule has 1 aromatic carbocycles. The molecule has 122 valence electrons. The summed E-state index contributed by atoms with van der Waals surface area (Å²) >= 11 is 0. The number of rotatable bonds is 6. The zero-order valence-electron chi connectivity index (χ0n) is 12.4. The summed E-state index contributed by atoms with van der Waals surface area (Å²) in [6, 6.07) is 5.92. The lowest BCUT2D eigenvalue weighted by Gasteiger charge is -2.10. The van der Waals surface area contributed by atoms with Crippen LogP contribution in [0.25, 0.3) is 0 Å².